The van der Waals surface area contributed by atoms with E-state index in [1.54, 1.807) is 0 Å². The summed E-state index contributed by atoms with van der Waals surface area (Å²) in [7, 11) is 0. The number of hydrogen-bond donors (Lipinski definition) is 0. The van der Waals surface area contributed by atoms with Gasteiger partial charge in [-0.25, -0.2) is 0 Å². The van der Waals surface area contributed by atoms with Crippen molar-refractivity contribution in [3.05, 3.63) is 46.9 Å². The summed E-state index contributed by atoms with van der Waals surface area (Å²) in [6.45, 7) is 13.3. The number of furan rings is 1. The van der Waals surface area contributed by atoms with Gasteiger partial charge in [0, 0.05) is 45.3 Å². The van der Waals surface area contributed by atoms with Gasteiger partial charge in [-0.2, -0.15) is 0 Å². The molecule has 1 aromatic carbocycles. The van der Waals surface area contributed by atoms with Gasteiger partial charge in [0.25, 0.3) is 0 Å². The first-order chi connectivity index (χ1) is 14.6. The summed E-state index contributed by atoms with van der Waals surface area (Å²) < 4.78 is 16.9. The van der Waals surface area contributed by atoms with Gasteiger partial charge in [0.2, 0.25) is 6.79 Å². The monoisotopic (exact) mass is 411 g/mol. The number of aryl methyl sites for hydroxylation is 2. The Morgan fingerprint density at radius 3 is 2.53 bits per heavy atom. The molecule has 0 aliphatic carbocycles. The molecule has 2 fully saturated rings. The highest BCUT2D eigenvalue weighted by atomic mass is 16.7. The third-order valence-corrected chi connectivity index (χ3v) is 6.84. The molecule has 0 saturated carbocycles. The average molecular weight is 412 g/mol. The molecule has 1 aromatic heterocycles. The van der Waals surface area contributed by atoms with Gasteiger partial charge >= 0.3 is 0 Å². The van der Waals surface area contributed by atoms with Gasteiger partial charge < -0.3 is 13.9 Å². The third-order valence-electron chi connectivity index (χ3n) is 6.84. The Labute approximate surface area is 179 Å². The van der Waals surface area contributed by atoms with Crippen molar-refractivity contribution in [2.45, 2.75) is 45.8 Å². The van der Waals surface area contributed by atoms with Gasteiger partial charge in [-0.3, -0.25) is 14.7 Å². The predicted octanol–water partition coefficient (Wildman–Crippen LogP) is 3.41. The minimum Gasteiger partial charge on any atom is -0.465 e. The molecule has 162 valence electrons. The van der Waals surface area contributed by atoms with Crippen molar-refractivity contribution >= 4 is 0 Å². The Balaban J connectivity index is 1.11. The first-order valence-corrected chi connectivity index (χ1v) is 11.3. The molecule has 2 saturated heterocycles. The molecule has 1 unspecified atom stereocenters. The van der Waals surface area contributed by atoms with Crippen molar-refractivity contribution in [3.8, 4) is 11.5 Å². The molecule has 0 bridgehead atoms. The lowest BCUT2D eigenvalue weighted by molar-refractivity contribution is 0.0458. The molecule has 4 heterocycles. The second-order valence-electron chi connectivity index (χ2n) is 8.98. The first kappa shape index (κ1) is 19.9. The van der Waals surface area contributed by atoms with Gasteiger partial charge in [-0.1, -0.05) is 6.07 Å². The topological polar surface area (TPSA) is 41.3 Å². The highest BCUT2D eigenvalue weighted by Gasteiger charge is 2.28. The summed E-state index contributed by atoms with van der Waals surface area (Å²) in [4.78, 5) is 7.84. The van der Waals surface area contributed by atoms with Crippen LogP contribution in [0.2, 0.25) is 0 Å². The van der Waals surface area contributed by atoms with Crippen LogP contribution in [0.5, 0.6) is 11.5 Å². The van der Waals surface area contributed by atoms with E-state index in [9.17, 15) is 0 Å². The number of likely N-dealkylation sites (tertiary alicyclic amines) is 1. The van der Waals surface area contributed by atoms with Crippen LogP contribution in [0.1, 0.15) is 35.5 Å². The summed E-state index contributed by atoms with van der Waals surface area (Å²) in [6.07, 6.45) is 2.59. The van der Waals surface area contributed by atoms with Crippen LogP contribution in [-0.2, 0) is 13.1 Å². The van der Waals surface area contributed by atoms with Crippen molar-refractivity contribution in [1.82, 2.24) is 14.7 Å². The maximum Gasteiger partial charge on any atom is 0.231 e. The van der Waals surface area contributed by atoms with Crippen molar-refractivity contribution < 1.29 is 13.9 Å². The molecule has 6 heteroatoms. The summed E-state index contributed by atoms with van der Waals surface area (Å²) in [6, 6.07) is 9.20. The van der Waals surface area contributed by atoms with Crippen LogP contribution in [0.3, 0.4) is 0 Å². The Hall–Kier alpha value is -2.02. The fourth-order valence-corrected chi connectivity index (χ4v) is 5.00. The number of piperazine rings is 1. The second-order valence-corrected chi connectivity index (χ2v) is 8.98. The highest BCUT2D eigenvalue weighted by molar-refractivity contribution is 5.44. The zero-order valence-corrected chi connectivity index (χ0v) is 18.2. The van der Waals surface area contributed by atoms with Crippen LogP contribution in [0.25, 0.3) is 0 Å². The average Bonchev–Trinajstić information content (AvgIpc) is 3.34. The smallest absolute Gasteiger partial charge is 0.231 e. The molecule has 6 nitrogen and oxygen atoms in total. The zero-order chi connectivity index (χ0) is 20.5. The molecule has 30 heavy (non-hydrogen) atoms. The van der Waals surface area contributed by atoms with Crippen molar-refractivity contribution in [1.29, 1.82) is 0 Å². The van der Waals surface area contributed by atoms with E-state index in [1.165, 1.54) is 30.5 Å². The lowest BCUT2D eigenvalue weighted by Gasteiger charge is -2.43. The van der Waals surface area contributed by atoms with Crippen LogP contribution in [0.4, 0.5) is 0 Å². The number of piperidine rings is 1. The minimum atomic E-state index is 0.342. The van der Waals surface area contributed by atoms with E-state index in [0.29, 0.717) is 12.8 Å². The Morgan fingerprint density at radius 1 is 0.900 bits per heavy atom. The highest BCUT2D eigenvalue weighted by Crippen LogP contribution is 2.33. The molecule has 5 rings (SSSR count). The standard InChI is InChI=1S/C24H33N3O3/c1-18-12-22(30-19(18)2)16-26-7-3-4-21(15-26)27-10-8-25(9-11-27)14-20-5-6-23-24(13-20)29-17-28-23/h5-6,12-13,21H,3-4,7-11,14-17H2,1-2H3. The Morgan fingerprint density at radius 2 is 1.73 bits per heavy atom. The minimum absolute atomic E-state index is 0.342. The summed E-state index contributed by atoms with van der Waals surface area (Å²) in [5.74, 6) is 3.91. The van der Waals surface area contributed by atoms with Gasteiger partial charge in [-0.05, 0) is 62.6 Å². The van der Waals surface area contributed by atoms with E-state index in [0.717, 1.165) is 68.8 Å². The van der Waals surface area contributed by atoms with Crippen molar-refractivity contribution in [3.63, 3.8) is 0 Å². The number of fused-ring (bicyclic) bond motifs is 1. The van der Waals surface area contributed by atoms with Crippen LogP contribution in [0.15, 0.2) is 28.7 Å². The third kappa shape index (κ3) is 4.36. The summed E-state index contributed by atoms with van der Waals surface area (Å²) >= 11 is 0. The second kappa shape index (κ2) is 8.61. The molecule has 3 aliphatic heterocycles. The Bertz CT molecular complexity index is 853. The van der Waals surface area contributed by atoms with Crippen LogP contribution in [0, 0.1) is 13.8 Å². The van der Waals surface area contributed by atoms with Crippen molar-refractivity contribution in [2.75, 3.05) is 46.1 Å². The number of hydrogen-bond acceptors (Lipinski definition) is 6. The molecular formula is C24H33N3O3. The van der Waals surface area contributed by atoms with E-state index in [1.807, 2.05) is 6.07 Å². The summed E-state index contributed by atoms with van der Waals surface area (Å²) in [5.41, 5.74) is 2.57. The van der Waals surface area contributed by atoms with Crippen molar-refractivity contribution in [2.24, 2.45) is 0 Å². The maximum absolute atomic E-state index is 5.92. The number of nitrogens with zero attached hydrogens (tertiary/aromatic N) is 3. The van der Waals surface area contributed by atoms with Gasteiger partial charge in [0.15, 0.2) is 11.5 Å². The lowest BCUT2D eigenvalue weighted by Crippen LogP contribution is -2.54. The molecule has 1 atom stereocenters. The van der Waals surface area contributed by atoms with Crippen LogP contribution in [-0.4, -0.2) is 66.8 Å². The molecule has 3 aliphatic rings. The zero-order valence-electron chi connectivity index (χ0n) is 18.2. The number of rotatable bonds is 5. The van der Waals surface area contributed by atoms with Gasteiger partial charge in [0.05, 0.1) is 6.54 Å². The molecular weight excluding hydrogens is 378 g/mol. The quantitative estimate of drug-likeness (QED) is 0.751. The largest absolute Gasteiger partial charge is 0.465 e. The Kier molecular flexibility index (Phi) is 5.72. The summed E-state index contributed by atoms with van der Waals surface area (Å²) in [5, 5.41) is 0. The molecule has 0 radical (unpaired) electrons. The normalized spacial score (nSPS) is 23.2. The SMILES string of the molecule is Cc1cc(CN2CCCC(N3CCN(Cc4ccc5c(c4)OCO5)CC3)C2)oc1C. The maximum atomic E-state index is 5.92. The van der Waals surface area contributed by atoms with E-state index >= 15 is 0 Å². The number of benzene rings is 1. The fourth-order valence-electron chi connectivity index (χ4n) is 5.00. The number of ether oxygens (including phenoxy) is 2. The van der Waals surface area contributed by atoms with Gasteiger partial charge in [-0.15, -0.1) is 0 Å². The van der Waals surface area contributed by atoms with E-state index in [2.05, 4.69) is 46.7 Å². The van der Waals surface area contributed by atoms with E-state index in [4.69, 9.17) is 13.9 Å². The van der Waals surface area contributed by atoms with Crippen LogP contribution >= 0.6 is 0 Å². The molecule has 0 spiro atoms. The molecule has 2 aromatic rings. The van der Waals surface area contributed by atoms with E-state index in [-0.39, 0.29) is 0 Å². The molecule has 0 N–H and O–H groups in total. The fraction of sp³-hybridized carbons (Fsp3) is 0.583. The molecule has 0 amide bonds. The van der Waals surface area contributed by atoms with E-state index < -0.39 is 0 Å². The predicted molar refractivity (Wildman–Crippen MR) is 116 cm³/mol. The lowest BCUT2D eigenvalue weighted by atomic mass is 10.0. The van der Waals surface area contributed by atoms with Gasteiger partial charge in [0.1, 0.15) is 11.5 Å². The van der Waals surface area contributed by atoms with Crippen LogP contribution < -0.4 is 9.47 Å². The first-order valence-electron chi connectivity index (χ1n) is 11.3.